The van der Waals surface area contributed by atoms with Crippen molar-refractivity contribution in [3.05, 3.63) is 82.6 Å². The Morgan fingerprint density at radius 3 is 2.56 bits per heavy atom. The number of fused-ring (bicyclic) bond motifs is 1. The van der Waals surface area contributed by atoms with Crippen LogP contribution in [0.2, 0.25) is 0 Å². The van der Waals surface area contributed by atoms with E-state index >= 15 is 0 Å². The normalized spacial score (nSPS) is 19.3. The van der Waals surface area contributed by atoms with Crippen LogP contribution in [0.25, 0.3) is 11.0 Å². The van der Waals surface area contributed by atoms with Gasteiger partial charge >= 0.3 is 5.97 Å². The van der Waals surface area contributed by atoms with E-state index in [1.807, 2.05) is 24.3 Å². The molecule has 0 radical (unpaired) electrons. The van der Waals surface area contributed by atoms with E-state index in [0.29, 0.717) is 49.0 Å². The Bertz CT molecular complexity index is 1690. The lowest BCUT2D eigenvalue weighted by atomic mass is 9.93. The number of hydrogen-bond acceptors (Lipinski definition) is 8. The van der Waals surface area contributed by atoms with Gasteiger partial charge in [-0.05, 0) is 62.2 Å². The van der Waals surface area contributed by atoms with Crippen molar-refractivity contribution >= 4 is 17.0 Å². The maximum Gasteiger partial charge on any atom is 0.335 e. The van der Waals surface area contributed by atoms with E-state index in [9.17, 15) is 14.3 Å². The number of carbonyl (C=O) groups is 1. The number of aromatic nitrogens is 3. The molecule has 3 aliphatic heterocycles. The van der Waals surface area contributed by atoms with Crippen LogP contribution in [-0.2, 0) is 29.2 Å². The molecule has 0 aliphatic carbocycles. The zero-order chi connectivity index (χ0) is 30.9. The van der Waals surface area contributed by atoms with Crippen LogP contribution < -0.4 is 9.47 Å². The van der Waals surface area contributed by atoms with E-state index in [1.54, 1.807) is 18.2 Å². The summed E-state index contributed by atoms with van der Waals surface area (Å²) in [5, 5.41) is 9.68. The Morgan fingerprint density at radius 1 is 1.07 bits per heavy atom. The van der Waals surface area contributed by atoms with E-state index in [0.717, 1.165) is 61.6 Å². The summed E-state index contributed by atoms with van der Waals surface area (Å²) in [7, 11) is 1.54. The van der Waals surface area contributed by atoms with Gasteiger partial charge in [-0.2, -0.15) is 0 Å². The summed E-state index contributed by atoms with van der Waals surface area (Å²) in [4.78, 5) is 23.9. The monoisotopic (exact) mass is 616 g/mol. The number of ether oxygens (including phenoxy) is 4. The number of nitrogens with zero attached hydrogens (tertiary/aromatic N) is 4. The van der Waals surface area contributed by atoms with Gasteiger partial charge in [-0.3, -0.25) is 4.90 Å². The molecule has 4 aromatic rings. The second-order valence-electron chi connectivity index (χ2n) is 12.1. The molecule has 2 aromatic carbocycles. The van der Waals surface area contributed by atoms with Crippen molar-refractivity contribution in [2.75, 3.05) is 40.0 Å². The zero-order valence-corrected chi connectivity index (χ0v) is 25.3. The first kappa shape index (κ1) is 29.6. The molecule has 3 saturated heterocycles. The molecule has 11 heteroatoms. The largest absolute Gasteiger partial charge is 0.494 e. The molecule has 3 fully saturated rings. The summed E-state index contributed by atoms with van der Waals surface area (Å²) in [6, 6.07) is 14.3. The van der Waals surface area contributed by atoms with Gasteiger partial charge in [-0.25, -0.2) is 19.2 Å². The van der Waals surface area contributed by atoms with E-state index in [1.165, 1.54) is 13.2 Å². The molecule has 0 bridgehead atoms. The molecule has 5 heterocycles. The number of methoxy groups -OCH3 is 1. The molecule has 45 heavy (non-hydrogen) atoms. The molecule has 0 spiro atoms. The molecule has 0 saturated carbocycles. The Hall–Kier alpha value is -4.06. The molecule has 7 rings (SSSR count). The Balaban J connectivity index is 1.01. The number of carboxylic acids is 1. The first-order valence-electron chi connectivity index (χ1n) is 15.6. The quantitative estimate of drug-likeness (QED) is 0.245. The van der Waals surface area contributed by atoms with Crippen LogP contribution in [-0.4, -0.2) is 76.6 Å². The molecule has 0 amide bonds. The third-order valence-corrected chi connectivity index (χ3v) is 9.22. The van der Waals surface area contributed by atoms with Gasteiger partial charge in [-0.1, -0.05) is 18.2 Å². The molecular formula is C34H37FN4O6. The standard InChI is InChI=1S/C34H37FN4O6/c1-42-30-15-24(34(40)41)14-29-33(30)37-31(39(29)16-26-9-12-44-26)17-38-10-7-21(8-11-38)28-3-2-4-32(36-28)45-20-23-6-5-22(13-27(23)35)25-18-43-19-25/h2-6,13-15,21,25-26H,7-12,16-20H2,1H3,(H,40,41)/t26-/m0/s1. The van der Waals surface area contributed by atoms with Gasteiger partial charge in [0.05, 0.1) is 50.6 Å². The second kappa shape index (κ2) is 12.7. The second-order valence-corrected chi connectivity index (χ2v) is 12.1. The van der Waals surface area contributed by atoms with Crippen molar-refractivity contribution in [3.8, 4) is 11.6 Å². The van der Waals surface area contributed by atoms with E-state index in [-0.39, 0.29) is 35.9 Å². The molecule has 10 nitrogen and oxygen atoms in total. The van der Waals surface area contributed by atoms with Gasteiger partial charge in [0.15, 0.2) is 0 Å². The summed E-state index contributed by atoms with van der Waals surface area (Å²) in [6.07, 6.45) is 2.91. The number of piperidine rings is 1. The van der Waals surface area contributed by atoms with Crippen molar-refractivity contribution in [1.82, 2.24) is 19.4 Å². The first-order valence-corrected chi connectivity index (χ1v) is 15.6. The minimum absolute atomic E-state index is 0.0882. The molecule has 0 unspecified atom stereocenters. The number of likely N-dealkylation sites (tertiary alicyclic amines) is 1. The van der Waals surface area contributed by atoms with Gasteiger partial charge in [0.2, 0.25) is 5.88 Å². The van der Waals surface area contributed by atoms with Crippen LogP contribution in [0, 0.1) is 5.82 Å². The van der Waals surface area contributed by atoms with E-state index < -0.39 is 5.97 Å². The third-order valence-electron chi connectivity index (χ3n) is 9.22. The molecule has 1 atom stereocenters. The predicted octanol–water partition coefficient (Wildman–Crippen LogP) is 5.14. The summed E-state index contributed by atoms with van der Waals surface area (Å²) >= 11 is 0. The van der Waals surface area contributed by atoms with Crippen LogP contribution in [0.5, 0.6) is 11.6 Å². The fourth-order valence-electron chi connectivity index (χ4n) is 6.32. The zero-order valence-electron chi connectivity index (χ0n) is 25.3. The number of imidazole rings is 1. The highest BCUT2D eigenvalue weighted by Crippen LogP contribution is 2.33. The van der Waals surface area contributed by atoms with Gasteiger partial charge < -0.3 is 28.6 Å². The Kier molecular flexibility index (Phi) is 8.39. The maximum absolute atomic E-state index is 14.7. The van der Waals surface area contributed by atoms with Gasteiger partial charge in [0, 0.05) is 35.8 Å². The minimum Gasteiger partial charge on any atom is -0.494 e. The van der Waals surface area contributed by atoms with Crippen molar-refractivity contribution in [3.63, 3.8) is 0 Å². The van der Waals surface area contributed by atoms with Gasteiger partial charge in [-0.15, -0.1) is 0 Å². The highest BCUT2D eigenvalue weighted by molar-refractivity contribution is 5.95. The van der Waals surface area contributed by atoms with Gasteiger partial charge in [0.25, 0.3) is 0 Å². The number of carboxylic acid groups (broad SMARTS) is 1. The fraction of sp³-hybridized carbons (Fsp3) is 0.441. The fourth-order valence-corrected chi connectivity index (χ4v) is 6.32. The van der Waals surface area contributed by atoms with Crippen molar-refractivity contribution in [2.45, 2.75) is 56.9 Å². The average molecular weight is 617 g/mol. The highest BCUT2D eigenvalue weighted by atomic mass is 19.1. The summed E-state index contributed by atoms with van der Waals surface area (Å²) < 4.78 is 39.2. The topological polar surface area (TPSA) is 108 Å². The molecule has 2 aromatic heterocycles. The smallest absolute Gasteiger partial charge is 0.335 e. The molecule has 236 valence electrons. The Labute approximate surface area is 260 Å². The van der Waals surface area contributed by atoms with Crippen molar-refractivity contribution in [1.29, 1.82) is 0 Å². The average Bonchev–Trinajstić information content (AvgIpc) is 3.34. The molecule has 1 N–H and O–H groups in total. The van der Waals surface area contributed by atoms with Crippen LogP contribution in [0.1, 0.15) is 64.1 Å². The summed E-state index contributed by atoms with van der Waals surface area (Å²) in [6.45, 7) is 5.13. The van der Waals surface area contributed by atoms with Gasteiger partial charge in [0.1, 0.15) is 29.5 Å². The van der Waals surface area contributed by atoms with Crippen LogP contribution in [0.4, 0.5) is 4.39 Å². The van der Waals surface area contributed by atoms with Crippen LogP contribution in [0.15, 0.2) is 48.5 Å². The van der Waals surface area contributed by atoms with Crippen molar-refractivity contribution < 1.29 is 33.2 Å². The van der Waals surface area contributed by atoms with Crippen LogP contribution in [0.3, 0.4) is 0 Å². The van der Waals surface area contributed by atoms with Crippen LogP contribution >= 0.6 is 0 Å². The first-order chi connectivity index (χ1) is 21.9. The number of aromatic carboxylic acids is 1. The third kappa shape index (κ3) is 6.25. The van der Waals surface area contributed by atoms with E-state index in [2.05, 4.69) is 9.47 Å². The number of benzene rings is 2. The number of halogens is 1. The minimum atomic E-state index is -1.00. The number of hydrogen-bond donors (Lipinski definition) is 1. The lowest BCUT2D eigenvalue weighted by molar-refractivity contribution is -0.0592. The number of pyridine rings is 1. The Morgan fingerprint density at radius 2 is 1.89 bits per heavy atom. The predicted molar refractivity (Wildman–Crippen MR) is 163 cm³/mol. The summed E-state index contributed by atoms with van der Waals surface area (Å²) in [5.41, 5.74) is 4.03. The number of rotatable bonds is 11. The lowest BCUT2D eigenvalue weighted by Gasteiger charge is -2.32. The molecule has 3 aliphatic rings. The van der Waals surface area contributed by atoms with E-state index in [4.69, 9.17) is 28.9 Å². The highest BCUT2D eigenvalue weighted by Gasteiger charge is 2.27. The van der Waals surface area contributed by atoms with Crippen molar-refractivity contribution in [2.24, 2.45) is 0 Å². The molecular weight excluding hydrogens is 579 g/mol. The lowest BCUT2D eigenvalue weighted by Crippen LogP contribution is -2.35. The summed E-state index contributed by atoms with van der Waals surface area (Å²) in [5.74, 6) is 1.11. The SMILES string of the molecule is COc1cc(C(=O)O)cc2c1nc(CN1CCC(c3cccc(OCc4ccc(C5COC5)cc4F)n3)CC1)n2C[C@@H]1CCO1. The maximum atomic E-state index is 14.7.